The quantitative estimate of drug-likeness (QED) is 0.0898. The summed E-state index contributed by atoms with van der Waals surface area (Å²) in [6.07, 6.45) is -8.68. The third-order valence-electron chi connectivity index (χ3n) is 2.99. The summed E-state index contributed by atoms with van der Waals surface area (Å²) >= 11 is 9.26. The number of Topliss-reactive ketones (excluding diaryl/α,β-unsaturated/α-hetero) is 2. The van der Waals surface area contributed by atoms with Crippen LogP contribution in [0.15, 0.2) is 50.5 Å². The molecule has 3 aromatic rings. The van der Waals surface area contributed by atoms with Crippen molar-refractivity contribution >= 4 is 90.8 Å². The van der Waals surface area contributed by atoms with Crippen molar-refractivity contribution in [1.29, 1.82) is 0 Å². The Balaban J connectivity index is -0.0000000841. The number of thiophene rings is 3. The van der Waals surface area contributed by atoms with Gasteiger partial charge < -0.3 is 23.6 Å². The second-order valence-electron chi connectivity index (χ2n) is 6.06. The fourth-order valence-corrected chi connectivity index (χ4v) is 5.08. The minimum atomic E-state index is -4.77. The van der Waals surface area contributed by atoms with E-state index in [1.54, 1.807) is 19.9 Å². The second kappa shape index (κ2) is 35.8. The van der Waals surface area contributed by atoms with Crippen LogP contribution in [0.3, 0.4) is 0 Å². The van der Waals surface area contributed by atoms with Crippen LogP contribution in [0.1, 0.15) is 75.9 Å². The summed E-state index contributed by atoms with van der Waals surface area (Å²) < 4.78 is 72.3. The fourth-order valence-electron chi connectivity index (χ4n) is 1.66. The molecule has 0 aliphatic carbocycles. The van der Waals surface area contributed by atoms with Crippen LogP contribution in [-0.4, -0.2) is 47.4 Å². The van der Waals surface area contributed by atoms with Crippen LogP contribution in [0.5, 0.6) is 0 Å². The summed E-state index contributed by atoms with van der Waals surface area (Å²) in [5, 5.41) is 15.2. The van der Waals surface area contributed by atoms with Crippen molar-refractivity contribution in [3.05, 3.63) is 83.6 Å². The first-order valence-electron chi connectivity index (χ1n) is 12.1. The summed E-state index contributed by atoms with van der Waals surface area (Å²) in [7, 11) is -1.17. The van der Waals surface area contributed by atoms with Crippen LogP contribution >= 0.6 is 65.9 Å². The molecule has 0 amide bonds. The molecule has 0 spiro atoms. The van der Waals surface area contributed by atoms with Crippen LogP contribution < -0.4 is 0 Å². The normalized spacial score (nSPS) is 8.74. The van der Waals surface area contributed by atoms with Gasteiger partial charge in [0.05, 0.1) is 22.2 Å². The molecule has 2 N–H and O–H groups in total. The fraction of sp³-hybridized carbons (Fsp3) is 0.357. The van der Waals surface area contributed by atoms with Gasteiger partial charge in [-0.3, -0.25) is 21.0 Å². The average molecular weight is 925 g/mol. The molecule has 0 bridgehead atoms. The molecule has 1 radical (unpaired) electrons. The van der Waals surface area contributed by atoms with Crippen molar-refractivity contribution in [2.24, 2.45) is 0 Å². The number of rotatable bonds is 3. The molecule has 0 fully saturated rings. The number of hydrogen-bond acceptors (Lipinski definition) is 8. The predicted octanol–water partition coefficient (Wildman–Crippen LogP) is 11.6. The van der Waals surface area contributed by atoms with E-state index in [0.29, 0.717) is 8.66 Å². The first-order chi connectivity index (χ1) is 20.4. The molecule has 263 valence electrons. The molecule has 0 atom stereocenters. The number of carbonyl (C=O) groups is 3. The van der Waals surface area contributed by atoms with Gasteiger partial charge in [-0.15, -0.1) is 34.0 Å². The van der Waals surface area contributed by atoms with Crippen LogP contribution in [0.2, 0.25) is 6.82 Å². The first kappa shape index (κ1) is 60.8. The van der Waals surface area contributed by atoms with Gasteiger partial charge in [0.1, 0.15) is 0 Å². The van der Waals surface area contributed by atoms with Gasteiger partial charge in [-0.25, -0.2) is 0 Å². The zero-order valence-corrected chi connectivity index (χ0v) is 34.0. The SMILES string of the molecule is C.CB(O)O.CC.CC.Cc1ccc(C(=O)C(F)(F)F)s1.O=C(c1ccc(Br)s1)C(F)(F)F.O=Cc1ccc(Br)s1.[CH-]=C.[CH2-]C.[Y]. The van der Waals surface area contributed by atoms with E-state index in [2.05, 4.69) is 51.9 Å². The van der Waals surface area contributed by atoms with Crippen LogP contribution in [0.25, 0.3) is 0 Å². The van der Waals surface area contributed by atoms with E-state index in [9.17, 15) is 40.7 Å². The monoisotopic (exact) mass is 923 g/mol. The third-order valence-corrected chi connectivity index (χ3v) is 7.16. The van der Waals surface area contributed by atoms with Gasteiger partial charge in [0.25, 0.3) is 11.6 Å². The van der Waals surface area contributed by atoms with E-state index < -0.39 is 31.0 Å². The maximum absolute atomic E-state index is 11.8. The maximum Gasteiger partial charge on any atom is 0.455 e. The molecular weight excluding hydrogens is 886 g/mol. The van der Waals surface area contributed by atoms with Crippen molar-refractivity contribution in [3.63, 3.8) is 0 Å². The van der Waals surface area contributed by atoms with E-state index in [1.807, 2.05) is 33.8 Å². The smallest absolute Gasteiger partial charge is 0.455 e. The number of aldehydes is 1. The molecule has 0 saturated carbocycles. The van der Waals surface area contributed by atoms with Crippen LogP contribution in [0.4, 0.5) is 26.3 Å². The van der Waals surface area contributed by atoms with Gasteiger partial charge in [-0.1, -0.05) is 35.1 Å². The Labute approximate surface area is 323 Å². The summed E-state index contributed by atoms with van der Waals surface area (Å²) in [6, 6.07) is 8.86. The number of halogens is 8. The minimum absolute atomic E-state index is 0. The molecule has 0 aromatic carbocycles. The Kier molecular flexibility index (Phi) is 47.3. The Morgan fingerprint density at radius 2 is 1.11 bits per heavy atom. The summed E-state index contributed by atoms with van der Waals surface area (Å²) in [4.78, 5) is 32.0. The van der Waals surface area contributed by atoms with Gasteiger partial charge in [-0.05, 0) is 82.0 Å². The number of hydrogen-bond donors (Lipinski definition) is 2. The molecule has 46 heavy (non-hydrogen) atoms. The predicted molar refractivity (Wildman–Crippen MR) is 186 cm³/mol. The number of alkyl halides is 6. The molecular formula is C28H39BBr2F6O5S3Y-2. The Bertz CT molecular complexity index is 1090. The van der Waals surface area contributed by atoms with Crippen molar-refractivity contribution in [2.75, 3.05) is 0 Å². The van der Waals surface area contributed by atoms with Crippen LogP contribution in [0, 0.1) is 20.4 Å². The van der Waals surface area contributed by atoms with Gasteiger partial charge in [0, 0.05) is 37.6 Å². The summed E-state index contributed by atoms with van der Waals surface area (Å²) in [6.45, 7) is 22.9. The Morgan fingerprint density at radius 3 is 1.30 bits per heavy atom. The molecule has 3 rings (SSSR count). The Hall–Kier alpha value is -0.521. The minimum Gasteiger partial charge on any atom is -0.521 e. The topological polar surface area (TPSA) is 91.7 Å². The molecule has 0 unspecified atom stereocenters. The molecule has 0 aliphatic heterocycles. The van der Waals surface area contributed by atoms with Gasteiger partial charge in [0.2, 0.25) is 0 Å². The first-order valence-corrected chi connectivity index (χ1v) is 16.1. The summed E-state index contributed by atoms with van der Waals surface area (Å²) in [5.74, 6) is -3.56. The van der Waals surface area contributed by atoms with Gasteiger partial charge >= 0.3 is 19.5 Å². The molecule has 0 aliphatic rings. The van der Waals surface area contributed by atoms with E-state index in [4.69, 9.17) is 10.0 Å². The largest absolute Gasteiger partial charge is 0.521 e. The third kappa shape index (κ3) is 33.4. The molecule has 3 aromatic heterocycles. The maximum atomic E-state index is 11.8. The van der Waals surface area contributed by atoms with E-state index in [1.165, 1.54) is 36.4 Å². The molecule has 18 heteroatoms. The van der Waals surface area contributed by atoms with Crippen LogP contribution in [-0.2, 0) is 32.7 Å². The van der Waals surface area contributed by atoms with E-state index in [0.717, 1.165) is 43.7 Å². The average Bonchev–Trinajstić information content (AvgIpc) is 3.73. The van der Waals surface area contributed by atoms with E-state index >= 15 is 0 Å². The molecule has 0 saturated heterocycles. The van der Waals surface area contributed by atoms with Gasteiger partial charge in [0.15, 0.2) is 6.29 Å². The van der Waals surface area contributed by atoms with Crippen molar-refractivity contribution in [1.82, 2.24) is 0 Å². The van der Waals surface area contributed by atoms with Crippen molar-refractivity contribution in [3.8, 4) is 0 Å². The number of aryl methyl sites for hydroxylation is 1. The number of ketones is 2. The molecule has 5 nitrogen and oxygen atoms in total. The summed E-state index contributed by atoms with van der Waals surface area (Å²) in [5.41, 5.74) is 0. The second-order valence-corrected chi connectivity index (χ2v) is 12.3. The molecule has 3 heterocycles. The number of carbonyl (C=O) groups excluding carboxylic acids is 3. The standard InChI is InChI=1S/C7H5F3OS.C6H2BrF3OS.C5H3BrOS.2C2H6.C2H5.C2H3.CH5BO2.CH4.Y/c1-4-2-3-5(12-4)6(11)7(8,9)10;7-4-2-1-3(12-4)5(11)6(8,9)10;6-5-2-1-4(3-7)8-5;4*1-2;1-2(3)4;;/h2-3H,1H3;1-2H;1-3H;2*1-2H3;1H2,2H3;1H,2H2;3-4H,1H3;1H4;/q;;;;;2*-1;;;. The van der Waals surface area contributed by atoms with Gasteiger partial charge in [-0.2, -0.15) is 33.3 Å². The van der Waals surface area contributed by atoms with Crippen molar-refractivity contribution < 1.29 is 83.5 Å². The van der Waals surface area contributed by atoms with E-state index in [-0.39, 0.29) is 49.9 Å². The van der Waals surface area contributed by atoms with Crippen molar-refractivity contribution in [2.45, 2.75) is 68.1 Å². The Morgan fingerprint density at radius 1 is 0.804 bits per heavy atom. The zero-order valence-electron chi connectivity index (χ0n) is 25.6. The zero-order chi connectivity index (χ0) is 36.3.